The summed E-state index contributed by atoms with van der Waals surface area (Å²) < 4.78 is 10.8. The zero-order chi connectivity index (χ0) is 17.9. The number of nitrogens with zero attached hydrogens (tertiary/aromatic N) is 1. The molecule has 0 aliphatic carbocycles. The third-order valence-corrected chi connectivity index (χ3v) is 5.16. The summed E-state index contributed by atoms with van der Waals surface area (Å²) >= 11 is 0. The van der Waals surface area contributed by atoms with E-state index in [4.69, 9.17) is 9.47 Å². The van der Waals surface area contributed by atoms with Crippen molar-refractivity contribution in [3.63, 3.8) is 0 Å². The summed E-state index contributed by atoms with van der Waals surface area (Å²) in [6.07, 6.45) is 1.84. The molecule has 1 spiro atoms. The van der Waals surface area contributed by atoms with Crippen LogP contribution in [0, 0.1) is 12.8 Å². The van der Waals surface area contributed by atoms with E-state index in [1.54, 1.807) is 0 Å². The van der Waals surface area contributed by atoms with E-state index in [2.05, 4.69) is 5.32 Å². The quantitative estimate of drug-likeness (QED) is 0.845. The summed E-state index contributed by atoms with van der Waals surface area (Å²) in [4.78, 5) is 25.9. The first-order valence-corrected chi connectivity index (χ1v) is 8.79. The standard InChI is InChI=1S/C19H26N2O4/c1-14-4-3-5-15(10-14)18(23)21-12-19(13-21)16(7-9-25-19)6-8-20-17(22)11-24-2/h3-5,10,16H,6-9,11-13H2,1-2H3,(H,20,22). The van der Waals surface area contributed by atoms with Crippen LogP contribution in [0.1, 0.15) is 28.8 Å². The van der Waals surface area contributed by atoms with Gasteiger partial charge < -0.3 is 19.7 Å². The SMILES string of the molecule is COCC(=O)NCCC1CCOC12CN(C(=O)c1cccc(C)c1)C2. The zero-order valence-electron chi connectivity index (χ0n) is 14.9. The Hall–Kier alpha value is -1.92. The maximum absolute atomic E-state index is 12.6. The largest absolute Gasteiger partial charge is 0.375 e. The van der Waals surface area contributed by atoms with Gasteiger partial charge in [-0.05, 0) is 37.8 Å². The van der Waals surface area contributed by atoms with Crippen molar-refractivity contribution in [3.8, 4) is 0 Å². The summed E-state index contributed by atoms with van der Waals surface area (Å²) in [5.41, 5.74) is 1.59. The lowest BCUT2D eigenvalue weighted by atomic mass is 9.78. The van der Waals surface area contributed by atoms with Crippen molar-refractivity contribution in [2.75, 3.05) is 40.0 Å². The minimum atomic E-state index is -0.231. The van der Waals surface area contributed by atoms with Gasteiger partial charge in [0, 0.05) is 25.8 Å². The fraction of sp³-hybridized carbons (Fsp3) is 0.579. The smallest absolute Gasteiger partial charge is 0.254 e. The number of hydrogen-bond acceptors (Lipinski definition) is 4. The molecular formula is C19H26N2O4. The number of methoxy groups -OCH3 is 1. The summed E-state index contributed by atoms with van der Waals surface area (Å²) in [6, 6.07) is 7.68. The number of amides is 2. The van der Waals surface area contributed by atoms with Crippen LogP contribution >= 0.6 is 0 Å². The van der Waals surface area contributed by atoms with Gasteiger partial charge in [-0.15, -0.1) is 0 Å². The van der Waals surface area contributed by atoms with E-state index < -0.39 is 0 Å². The number of carbonyl (C=O) groups excluding carboxylic acids is 2. The summed E-state index contributed by atoms with van der Waals surface area (Å²) in [6.45, 7) is 4.69. The normalized spacial score (nSPS) is 21.2. The molecule has 1 N–H and O–H groups in total. The Morgan fingerprint density at radius 3 is 2.92 bits per heavy atom. The Labute approximate surface area is 148 Å². The van der Waals surface area contributed by atoms with Gasteiger partial charge in [0.15, 0.2) is 0 Å². The third kappa shape index (κ3) is 3.85. The van der Waals surface area contributed by atoms with Gasteiger partial charge in [-0.3, -0.25) is 9.59 Å². The van der Waals surface area contributed by atoms with Crippen molar-refractivity contribution < 1.29 is 19.1 Å². The molecule has 136 valence electrons. The molecule has 25 heavy (non-hydrogen) atoms. The van der Waals surface area contributed by atoms with Crippen molar-refractivity contribution in [2.45, 2.75) is 25.4 Å². The first kappa shape index (κ1) is 17.9. The van der Waals surface area contributed by atoms with Gasteiger partial charge in [-0.2, -0.15) is 0 Å². The van der Waals surface area contributed by atoms with Crippen molar-refractivity contribution in [2.24, 2.45) is 5.92 Å². The van der Waals surface area contributed by atoms with E-state index in [1.165, 1.54) is 7.11 Å². The lowest BCUT2D eigenvalue weighted by molar-refractivity contribution is -0.126. The second-order valence-electron chi connectivity index (χ2n) is 7.00. The van der Waals surface area contributed by atoms with Gasteiger partial charge in [-0.1, -0.05) is 17.7 Å². The highest BCUT2D eigenvalue weighted by atomic mass is 16.5. The van der Waals surface area contributed by atoms with Crippen LogP contribution in [0.2, 0.25) is 0 Å². The average Bonchev–Trinajstić information content (AvgIpc) is 2.97. The molecule has 1 aromatic carbocycles. The zero-order valence-corrected chi connectivity index (χ0v) is 14.9. The van der Waals surface area contributed by atoms with Crippen LogP contribution < -0.4 is 5.32 Å². The summed E-state index contributed by atoms with van der Waals surface area (Å²) in [5.74, 6) is 0.342. The minimum absolute atomic E-state index is 0.0666. The van der Waals surface area contributed by atoms with Crippen LogP contribution in [-0.4, -0.2) is 62.3 Å². The van der Waals surface area contributed by atoms with Crippen LogP contribution in [-0.2, 0) is 14.3 Å². The number of carbonyl (C=O) groups is 2. The number of hydrogen-bond donors (Lipinski definition) is 1. The van der Waals surface area contributed by atoms with E-state index in [0.717, 1.165) is 30.6 Å². The Morgan fingerprint density at radius 2 is 2.20 bits per heavy atom. The maximum atomic E-state index is 12.6. The minimum Gasteiger partial charge on any atom is -0.375 e. The van der Waals surface area contributed by atoms with Gasteiger partial charge in [0.25, 0.3) is 5.91 Å². The van der Waals surface area contributed by atoms with Gasteiger partial charge in [-0.25, -0.2) is 0 Å². The molecule has 2 saturated heterocycles. The molecule has 1 atom stereocenters. The molecule has 2 fully saturated rings. The van der Waals surface area contributed by atoms with E-state index in [9.17, 15) is 9.59 Å². The fourth-order valence-electron chi connectivity index (χ4n) is 3.81. The number of benzene rings is 1. The molecule has 1 aromatic rings. The van der Waals surface area contributed by atoms with Crippen LogP contribution in [0.5, 0.6) is 0 Å². The predicted octanol–water partition coefficient (Wildman–Crippen LogP) is 1.38. The molecule has 2 aliphatic heterocycles. The molecule has 6 nitrogen and oxygen atoms in total. The van der Waals surface area contributed by atoms with E-state index in [-0.39, 0.29) is 24.0 Å². The Kier molecular flexibility index (Phi) is 5.39. The highest BCUT2D eigenvalue weighted by Crippen LogP contribution is 2.42. The highest BCUT2D eigenvalue weighted by Gasteiger charge is 2.54. The lowest BCUT2D eigenvalue weighted by Crippen LogP contribution is -2.66. The summed E-state index contributed by atoms with van der Waals surface area (Å²) in [5, 5.41) is 2.86. The summed E-state index contributed by atoms with van der Waals surface area (Å²) in [7, 11) is 1.51. The van der Waals surface area contributed by atoms with Gasteiger partial charge in [0.2, 0.25) is 5.91 Å². The first-order chi connectivity index (χ1) is 12.0. The molecule has 0 aromatic heterocycles. The topological polar surface area (TPSA) is 67.9 Å². The van der Waals surface area contributed by atoms with E-state index >= 15 is 0 Å². The molecule has 0 radical (unpaired) electrons. The molecule has 0 bridgehead atoms. The number of ether oxygens (including phenoxy) is 2. The Balaban J connectivity index is 1.52. The third-order valence-electron chi connectivity index (χ3n) is 5.16. The van der Waals surface area contributed by atoms with Crippen LogP contribution in [0.3, 0.4) is 0 Å². The van der Waals surface area contributed by atoms with Gasteiger partial charge >= 0.3 is 0 Å². The van der Waals surface area contributed by atoms with Gasteiger partial charge in [0.1, 0.15) is 12.2 Å². The second-order valence-corrected chi connectivity index (χ2v) is 7.00. The van der Waals surface area contributed by atoms with Crippen LogP contribution in [0.25, 0.3) is 0 Å². The number of nitrogens with one attached hydrogen (secondary N) is 1. The van der Waals surface area contributed by atoms with Crippen molar-refractivity contribution in [3.05, 3.63) is 35.4 Å². The molecule has 6 heteroatoms. The molecular weight excluding hydrogens is 320 g/mol. The first-order valence-electron chi connectivity index (χ1n) is 8.79. The van der Waals surface area contributed by atoms with Crippen LogP contribution in [0.15, 0.2) is 24.3 Å². The number of likely N-dealkylation sites (tertiary alicyclic amines) is 1. The molecule has 2 heterocycles. The Bertz CT molecular complexity index is 640. The predicted molar refractivity (Wildman–Crippen MR) is 93.4 cm³/mol. The van der Waals surface area contributed by atoms with Crippen molar-refractivity contribution in [1.82, 2.24) is 10.2 Å². The lowest BCUT2D eigenvalue weighted by Gasteiger charge is -2.50. The molecule has 2 aliphatic rings. The van der Waals surface area contributed by atoms with Gasteiger partial charge in [0.05, 0.1) is 13.1 Å². The Morgan fingerprint density at radius 1 is 1.40 bits per heavy atom. The fourth-order valence-corrected chi connectivity index (χ4v) is 3.81. The van der Waals surface area contributed by atoms with Crippen LogP contribution in [0.4, 0.5) is 0 Å². The maximum Gasteiger partial charge on any atom is 0.254 e. The number of aryl methyl sites for hydroxylation is 1. The van der Waals surface area contributed by atoms with E-state index in [0.29, 0.717) is 25.6 Å². The average molecular weight is 346 g/mol. The molecule has 2 amide bonds. The molecule has 3 rings (SSSR count). The second kappa shape index (κ2) is 7.54. The van der Waals surface area contributed by atoms with Crippen molar-refractivity contribution >= 4 is 11.8 Å². The molecule has 0 saturated carbocycles. The number of rotatable bonds is 6. The van der Waals surface area contributed by atoms with E-state index in [1.807, 2.05) is 36.1 Å². The highest BCUT2D eigenvalue weighted by molar-refractivity contribution is 5.95. The molecule has 1 unspecified atom stereocenters. The monoisotopic (exact) mass is 346 g/mol. The van der Waals surface area contributed by atoms with Crippen molar-refractivity contribution in [1.29, 1.82) is 0 Å².